The van der Waals surface area contributed by atoms with Crippen molar-refractivity contribution < 1.29 is 9.53 Å². The maximum absolute atomic E-state index is 11.1. The van der Waals surface area contributed by atoms with E-state index in [2.05, 4.69) is 10.3 Å². The molecule has 0 aliphatic heterocycles. The Labute approximate surface area is 127 Å². The van der Waals surface area contributed by atoms with E-state index in [1.165, 1.54) is 6.92 Å². The molecular formula is C15H17N3O2S. The van der Waals surface area contributed by atoms with E-state index < -0.39 is 0 Å². The Morgan fingerprint density at radius 1 is 1.38 bits per heavy atom. The van der Waals surface area contributed by atoms with Crippen LogP contribution in [0.25, 0.3) is 0 Å². The first-order chi connectivity index (χ1) is 10.1. The van der Waals surface area contributed by atoms with E-state index in [9.17, 15) is 4.79 Å². The van der Waals surface area contributed by atoms with Crippen molar-refractivity contribution in [2.45, 2.75) is 17.6 Å². The number of nitrogen functional groups attached to an aromatic ring is 1. The molecule has 0 radical (unpaired) electrons. The van der Waals surface area contributed by atoms with Gasteiger partial charge in [0.05, 0.1) is 7.11 Å². The molecule has 0 fully saturated rings. The number of amides is 1. The monoisotopic (exact) mass is 303 g/mol. The van der Waals surface area contributed by atoms with Gasteiger partial charge in [-0.25, -0.2) is 4.98 Å². The minimum absolute atomic E-state index is 0.102. The minimum Gasteiger partial charge on any atom is -0.481 e. The molecule has 0 atom stereocenters. The number of ether oxygens (including phenoxy) is 1. The first-order valence-electron chi connectivity index (χ1n) is 6.37. The predicted octanol–water partition coefficient (Wildman–Crippen LogP) is 2.92. The van der Waals surface area contributed by atoms with Crippen molar-refractivity contribution in [3.8, 4) is 5.88 Å². The molecule has 2 rings (SSSR count). The van der Waals surface area contributed by atoms with Gasteiger partial charge in [-0.1, -0.05) is 6.07 Å². The molecule has 1 heterocycles. The molecule has 3 N–H and O–H groups in total. The van der Waals surface area contributed by atoms with Crippen LogP contribution in [0.4, 0.5) is 11.4 Å². The van der Waals surface area contributed by atoms with Crippen LogP contribution >= 0.6 is 11.8 Å². The molecule has 21 heavy (non-hydrogen) atoms. The zero-order valence-electron chi connectivity index (χ0n) is 11.9. The molecule has 6 heteroatoms. The highest BCUT2D eigenvalue weighted by Crippen LogP contribution is 2.30. The highest BCUT2D eigenvalue weighted by Gasteiger charge is 2.04. The van der Waals surface area contributed by atoms with Crippen LogP contribution in [0.2, 0.25) is 0 Å². The summed E-state index contributed by atoms with van der Waals surface area (Å²) >= 11 is 1.60. The second-order valence-corrected chi connectivity index (χ2v) is 5.45. The number of anilines is 2. The lowest BCUT2D eigenvalue weighted by atomic mass is 10.3. The van der Waals surface area contributed by atoms with Gasteiger partial charge in [-0.2, -0.15) is 0 Å². The maximum Gasteiger partial charge on any atom is 0.221 e. The topological polar surface area (TPSA) is 77.2 Å². The van der Waals surface area contributed by atoms with Crippen molar-refractivity contribution in [1.82, 2.24) is 4.98 Å². The number of rotatable bonds is 5. The van der Waals surface area contributed by atoms with Gasteiger partial charge in [0.15, 0.2) is 0 Å². The Morgan fingerprint density at radius 2 is 2.19 bits per heavy atom. The third-order valence-corrected chi connectivity index (χ3v) is 3.88. The van der Waals surface area contributed by atoms with Crippen molar-refractivity contribution in [3.63, 3.8) is 0 Å². The lowest BCUT2D eigenvalue weighted by Gasteiger charge is -2.09. The number of nitrogens with one attached hydrogen (secondary N) is 1. The summed E-state index contributed by atoms with van der Waals surface area (Å²) in [4.78, 5) is 16.2. The van der Waals surface area contributed by atoms with Gasteiger partial charge >= 0.3 is 0 Å². The Balaban J connectivity index is 2.05. The average Bonchev–Trinajstić information content (AvgIpc) is 2.48. The number of carbonyl (C=O) groups is 1. The van der Waals surface area contributed by atoms with Gasteiger partial charge < -0.3 is 15.8 Å². The zero-order valence-corrected chi connectivity index (χ0v) is 12.7. The van der Waals surface area contributed by atoms with E-state index in [1.807, 2.05) is 18.2 Å². The number of carbonyl (C=O) groups excluding carboxylic acids is 1. The number of hydrogen-bond donors (Lipinski definition) is 2. The lowest BCUT2D eigenvalue weighted by Crippen LogP contribution is -2.06. The zero-order chi connectivity index (χ0) is 15.2. The Hall–Kier alpha value is -2.21. The molecule has 0 aliphatic rings. The van der Waals surface area contributed by atoms with E-state index in [0.29, 0.717) is 11.6 Å². The molecule has 0 aliphatic carbocycles. The van der Waals surface area contributed by atoms with Gasteiger partial charge in [-0.05, 0) is 23.8 Å². The number of pyridine rings is 1. The highest BCUT2D eigenvalue weighted by atomic mass is 32.2. The van der Waals surface area contributed by atoms with Crippen molar-refractivity contribution in [1.29, 1.82) is 0 Å². The Morgan fingerprint density at radius 3 is 2.81 bits per heavy atom. The van der Waals surface area contributed by atoms with Gasteiger partial charge in [0.1, 0.15) is 0 Å². The number of nitrogens with two attached hydrogens (primary N) is 1. The van der Waals surface area contributed by atoms with Gasteiger partial charge in [0, 0.05) is 41.2 Å². The minimum atomic E-state index is -0.102. The summed E-state index contributed by atoms with van der Waals surface area (Å²) in [5.74, 6) is 1.23. The normalized spacial score (nSPS) is 10.2. The number of thioether (sulfide) groups is 1. The van der Waals surface area contributed by atoms with E-state index in [-0.39, 0.29) is 5.91 Å². The fourth-order valence-electron chi connectivity index (χ4n) is 1.72. The van der Waals surface area contributed by atoms with E-state index in [4.69, 9.17) is 10.5 Å². The molecule has 0 spiro atoms. The summed E-state index contributed by atoms with van der Waals surface area (Å²) < 4.78 is 5.03. The van der Waals surface area contributed by atoms with Crippen LogP contribution in [0.5, 0.6) is 5.88 Å². The standard InChI is InChI=1S/C15H17N3O2S/c1-10(19)18-12-4-5-13(16)14(7-12)21-9-11-3-6-15(20-2)17-8-11/h3-8H,9,16H2,1-2H3,(H,18,19). The van der Waals surface area contributed by atoms with Gasteiger partial charge in [-0.15, -0.1) is 11.8 Å². The average molecular weight is 303 g/mol. The largest absolute Gasteiger partial charge is 0.481 e. The van der Waals surface area contributed by atoms with Crippen LogP contribution in [0.3, 0.4) is 0 Å². The van der Waals surface area contributed by atoms with Crippen molar-refractivity contribution in [2.75, 3.05) is 18.2 Å². The number of aromatic nitrogens is 1. The first-order valence-corrected chi connectivity index (χ1v) is 7.36. The van der Waals surface area contributed by atoms with E-state index >= 15 is 0 Å². The predicted molar refractivity (Wildman–Crippen MR) is 85.5 cm³/mol. The van der Waals surface area contributed by atoms with Crippen LogP contribution in [0.1, 0.15) is 12.5 Å². The molecule has 5 nitrogen and oxygen atoms in total. The summed E-state index contributed by atoms with van der Waals surface area (Å²) in [6.45, 7) is 1.48. The summed E-state index contributed by atoms with van der Waals surface area (Å²) in [6.07, 6.45) is 1.78. The molecule has 1 aromatic heterocycles. The molecule has 1 aromatic carbocycles. The van der Waals surface area contributed by atoms with E-state index in [1.54, 1.807) is 37.2 Å². The summed E-state index contributed by atoms with van der Waals surface area (Å²) in [7, 11) is 1.59. The van der Waals surface area contributed by atoms with Crippen molar-refractivity contribution >= 4 is 29.0 Å². The molecule has 2 aromatic rings. The number of benzene rings is 1. The van der Waals surface area contributed by atoms with Gasteiger partial charge in [0.2, 0.25) is 11.8 Å². The van der Waals surface area contributed by atoms with Gasteiger partial charge in [-0.3, -0.25) is 4.79 Å². The number of methoxy groups -OCH3 is 1. The Kier molecular flexibility index (Phi) is 5.05. The van der Waals surface area contributed by atoms with Gasteiger partial charge in [0.25, 0.3) is 0 Å². The lowest BCUT2D eigenvalue weighted by molar-refractivity contribution is -0.114. The van der Waals surface area contributed by atoms with Crippen molar-refractivity contribution in [3.05, 3.63) is 42.1 Å². The van der Waals surface area contributed by atoms with Crippen LogP contribution in [-0.4, -0.2) is 18.0 Å². The van der Waals surface area contributed by atoms with Crippen LogP contribution < -0.4 is 15.8 Å². The van der Waals surface area contributed by atoms with Crippen LogP contribution in [-0.2, 0) is 10.5 Å². The molecule has 0 unspecified atom stereocenters. The number of nitrogens with zero attached hydrogens (tertiary/aromatic N) is 1. The smallest absolute Gasteiger partial charge is 0.221 e. The summed E-state index contributed by atoms with van der Waals surface area (Å²) in [6, 6.07) is 9.24. The third kappa shape index (κ3) is 4.39. The van der Waals surface area contributed by atoms with E-state index in [0.717, 1.165) is 21.9 Å². The molecule has 0 saturated heterocycles. The SMILES string of the molecule is COc1ccc(CSc2cc(NC(C)=O)ccc2N)cn1. The molecule has 110 valence electrons. The second kappa shape index (κ2) is 6.99. The molecule has 0 bridgehead atoms. The highest BCUT2D eigenvalue weighted by molar-refractivity contribution is 7.98. The molecule has 1 amide bonds. The fourth-order valence-corrected chi connectivity index (χ4v) is 2.66. The fraction of sp³-hybridized carbons (Fsp3) is 0.200. The second-order valence-electron chi connectivity index (χ2n) is 4.43. The maximum atomic E-state index is 11.1. The number of hydrogen-bond acceptors (Lipinski definition) is 5. The van der Waals surface area contributed by atoms with Crippen molar-refractivity contribution in [2.24, 2.45) is 0 Å². The Bertz CT molecular complexity index is 629. The molecular weight excluding hydrogens is 286 g/mol. The van der Waals surface area contributed by atoms with Crippen LogP contribution in [0.15, 0.2) is 41.4 Å². The summed E-state index contributed by atoms with van der Waals surface area (Å²) in [5.41, 5.74) is 8.47. The molecule has 0 saturated carbocycles. The quantitative estimate of drug-likeness (QED) is 0.656. The van der Waals surface area contributed by atoms with Crippen LogP contribution in [0, 0.1) is 0 Å². The first kappa shape index (κ1) is 15.2. The summed E-state index contributed by atoms with van der Waals surface area (Å²) in [5, 5.41) is 2.75. The third-order valence-electron chi connectivity index (χ3n) is 2.74.